The first-order chi connectivity index (χ1) is 10.3. The van der Waals surface area contributed by atoms with Gasteiger partial charge in [0, 0.05) is 17.2 Å². The molecule has 0 aliphatic heterocycles. The highest BCUT2D eigenvalue weighted by atomic mass is 35.5. The van der Waals surface area contributed by atoms with Crippen LogP contribution in [0.2, 0.25) is 5.02 Å². The number of nitrogens with one attached hydrogen (secondary N) is 1. The molecule has 0 unspecified atom stereocenters. The van der Waals surface area contributed by atoms with Crippen molar-refractivity contribution in [2.75, 3.05) is 4.72 Å². The van der Waals surface area contributed by atoms with Gasteiger partial charge in [0.1, 0.15) is 0 Å². The van der Waals surface area contributed by atoms with Gasteiger partial charge >= 0.3 is 0 Å². The molecule has 0 atom stereocenters. The molecule has 22 heavy (non-hydrogen) atoms. The standard InChI is InChI=1S/C14H13ClN2O4S/c1-10-13(15)6-3-7-14(10)16-22(20,21)9-11-4-2-5-12(8-11)17(18)19/h2-8,16H,9H2,1H3. The summed E-state index contributed by atoms with van der Waals surface area (Å²) in [7, 11) is -3.70. The molecule has 0 amide bonds. The highest BCUT2D eigenvalue weighted by Crippen LogP contribution is 2.24. The molecule has 2 rings (SSSR count). The molecule has 0 spiro atoms. The maximum absolute atomic E-state index is 12.2. The second-order valence-electron chi connectivity index (χ2n) is 4.70. The van der Waals surface area contributed by atoms with Gasteiger partial charge in [-0.15, -0.1) is 0 Å². The Bertz CT molecular complexity index is 821. The molecular formula is C14H13ClN2O4S. The number of nitro benzene ring substituents is 1. The summed E-state index contributed by atoms with van der Waals surface area (Å²) in [5, 5.41) is 11.2. The summed E-state index contributed by atoms with van der Waals surface area (Å²) in [5.41, 5.74) is 1.19. The Morgan fingerprint density at radius 1 is 1.23 bits per heavy atom. The summed E-state index contributed by atoms with van der Waals surface area (Å²) in [5.74, 6) is -0.360. The van der Waals surface area contributed by atoms with Crippen LogP contribution < -0.4 is 4.72 Å². The number of hydrogen-bond acceptors (Lipinski definition) is 4. The van der Waals surface area contributed by atoms with Crippen LogP contribution in [0.3, 0.4) is 0 Å². The zero-order valence-electron chi connectivity index (χ0n) is 11.6. The van der Waals surface area contributed by atoms with E-state index in [0.717, 1.165) is 0 Å². The van der Waals surface area contributed by atoms with E-state index < -0.39 is 14.9 Å². The number of hydrogen-bond donors (Lipinski definition) is 1. The predicted octanol–water partition coefficient (Wildman–Crippen LogP) is 3.50. The van der Waals surface area contributed by atoms with Crippen LogP contribution in [-0.2, 0) is 15.8 Å². The number of anilines is 1. The van der Waals surface area contributed by atoms with Gasteiger partial charge < -0.3 is 0 Å². The first-order valence-electron chi connectivity index (χ1n) is 6.27. The Labute approximate surface area is 132 Å². The van der Waals surface area contributed by atoms with Crippen LogP contribution in [0.1, 0.15) is 11.1 Å². The second-order valence-corrected chi connectivity index (χ2v) is 6.83. The van der Waals surface area contributed by atoms with Crippen molar-refractivity contribution in [2.24, 2.45) is 0 Å². The van der Waals surface area contributed by atoms with E-state index in [1.165, 1.54) is 24.3 Å². The molecule has 2 aromatic carbocycles. The lowest BCUT2D eigenvalue weighted by Gasteiger charge is -2.11. The molecular weight excluding hydrogens is 328 g/mol. The molecule has 116 valence electrons. The number of sulfonamides is 1. The maximum Gasteiger partial charge on any atom is 0.269 e. The maximum atomic E-state index is 12.2. The fourth-order valence-corrected chi connectivity index (χ4v) is 3.32. The molecule has 6 nitrogen and oxygen atoms in total. The minimum absolute atomic E-state index is 0.147. The third kappa shape index (κ3) is 3.96. The van der Waals surface area contributed by atoms with Crippen molar-refractivity contribution in [2.45, 2.75) is 12.7 Å². The minimum atomic E-state index is -3.70. The molecule has 0 aliphatic rings. The van der Waals surface area contributed by atoms with Crippen LogP contribution in [-0.4, -0.2) is 13.3 Å². The predicted molar refractivity (Wildman–Crippen MR) is 85.5 cm³/mol. The first kappa shape index (κ1) is 16.3. The van der Waals surface area contributed by atoms with E-state index in [9.17, 15) is 18.5 Å². The van der Waals surface area contributed by atoms with Crippen molar-refractivity contribution in [3.63, 3.8) is 0 Å². The number of nitrogens with zero attached hydrogens (tertiary/aromatic N) is 1. The van der Waals surface area contributed by atoms with Gasteiger partial charge in [-0.3, -0.25) is 14.8 Å². The van der Waals surface area contributed by atoms with Gasteiger partial charge in [-0.1, -0.05) is 29.8 Å². The number of nitro groups is 1. The van der Waals surface area contributed by atoms with Crippen LogP contribution in [0.15, 0.2) is 42.5 Å². The lowest BCUT2D eigenvalue weighted by molar-refractivity contribution is -0.384. The Morgan fingerprint density at radius 2 is 1.91 bits per heavy atom. The molecule has 0 radical (unpaired) electrons. The minimum Gasteiger partial charge on any atom is -0.283 e. The van der Waals surface area contributed by atoms with Crippen LogP contribution in [0.4, 0.5) is 11.4 Å². The van der Waals surface area contributed by atoms with Crippen LogP contribution >= 0.6 is 11.6 Å². The molecule has 0 aliphatic carbocycles. The highest BCUT2D eigenvalue weighted by Gasteiger charge is 2.16. The van der Waals surface area contributed by atoms with Gasteiger partial charge in [-0.25, -0.2) is 8.42 Å². The van der Waals surface area contributed by atoms with E-state index >= 15 is 0 Å². The fourth-order valence-electron chi connectivity index (χ4n) is 1.90. The summed E-state index contributed by atoms with van der Waals surface area (Å²) in [6.07, 6.45) is 0. The quantitative estimate of drug-likeness (QED) is 0.666. The van der Waals surface area contributed by atoms with Gasteiger partial charge in [-0.05, 0) is 30.2 Å². The summed E-state index contributed by atoms with van der Waals surface area (Å²) >= 11 is 5.95. The smallest absolute Gasteiger partial charge is 0.269 e. The lowest BCUT2D eigenvalue weighted by Crippen LogP contribution is -2.16. The molecule has 1 N–H and O–H groups in total. The van der Waals surface area contributed by atoms with Gasteiger partial charge in [0.2, 0.25) is 10.0 Å². The topological polar surface area (TPSA) is 89.3 Å². The van der Waals surface area contributed by atoms with Gasteiger partial charge in [0.15, 0.2) is 0 Å². The number of rotatable bonds is 5. The second kappa shape index (κ2) is 6.33. The van der Waals surface area contributed by atoms with Crippen molar-refractivity contribution in [3.8, 4) is 0 Å². The van der Waals surface area contributed by atoms with Crippen molar-refractivity contribution in [1.82, 2.24) is 0 Å². The van der Waals surface area contributed by atoms with Crippen molar-refractivity contribution in [1.29, 1.82) is 0 Å². The Hall–Kier alpha value is -2.12. The molecule has 0 fully saturated rings. The molecule has 0 saturated heterocycles. The van der Waals surface area contributed by atoms with Crippen molar-refractivity contribution >= 4 is 33.0 Å². The Balaban J connectivity index is 2.23. The van der Waals surface area contributed by atoms with E-state index in [1.54, 1.807) is 25.1 Å². The van der Waals surface area contributed by atoms with Crippen LogP contribution in [0.25, 0.3) is 0 Å². The zero-order chi connectivity index (χ0) is 16.3. The lowest BCUT2D eigenvalue weighted by atomic mass is 10.2. The summed E-state index contributed by atoms with van der Waals surface area (Å²) < 4.78 is 26.8. The Kier molecular flexibility index (Phi) is 4.68. The number of non-ortho nitro benzene ring substituents is 1. The van der Waals surface area contributed by atoms with E-state index in [0.29, 0.717) is 21.8 Å². The van der Waals surface area contributed by atoms with E-state index in [2.05, 4.69) is 4.72 Å². The SMILES string of the molecule is Cc1c(Cl)cccc1NS(=O)(=O)Cc1cccc([N+](=O)[O-])c1. The highest BCUT2D eigenvalue weighted by molar-refractivity contribution is 7.91. The average Bonchev–Trinajstić information content (AvgIpc) is 2.43. The first-order valence-corrected chi connectivity index (χ1v) is 8.30. The third-order valence-electron chi connectivity index (χ3n) is 3.01. The largest absolute Gasteiger partial charge is 0.283 e. The van der Waals surface area contributed by atoms with Crippen molar-refractivity contribution < 1.29 is 13.3 Å². The number of halogens is 1. The normalized spacial score (nSPS) is 11.2. The molecule has 0 bridgehead atoms. The van der Waals surface area contributed by atoms with E-state index in [1.807, 2.05) is 0 Å². The van der Waals surface area contributed by atoms with Gasteiger partial charge in [0.25, 0.3) is 5.69 Å². The summed E-state index contributed by atoms with van der Waals surface area (Å²) in [6.45, 7) is 1.70. The zero-order valence-corrected chi connectivity index (χ0v) is 13.2. The fraction of sp³-hybridized carbons (Fsp3) is 0.143. The summed E-state index contributed by atoms with van der Waals surface area (Å²) in [6, 6.07) is 10.4. The molecule has 0 heterocycles. The van der Waals surface area contributed by atoms with Crippen LogP contribution in [0, 0.1) is 17.0 Å². The van der Waals surface area contributed by atoms with Crippen LogP contribution in [0.5, 0.6) is 0 Å². The van der Waals surface area contributed by atoms with E-state index in [4.69, 9.17) is 11.6 Å². The van der Waals surface area contributed by atoms with Gasteiger partial charge in [0.05, 0.1) is 16.4 Å². The molecule has 0 aromatic heterocycles. The summed E-state index contributed by atoms with van der Waals surface area (Å²) in [4.78, 5) is 10.2. The number of benzene rings is 2. The Morgan fingerprint density at radius 3 is 2.59 bits per heavy atom. The molecule has 0 saturated carbocycles. The monoisotopic (exact) mass is 340 g/mol. The molecule has 8 heteroatoms. The third-order valence-corrected chi connectivity index (χ3v) is 4.66. The van der Waals surface area contributed by atoms with E-state index in [-0.39, 0.29) is 11.4 Å². The average molecular weight is 341 g/mol. The van der Waals surface area contributed by atoms with Crippen molar-refractivity contribution in [3.05, 3.63) is 68.7 Å². The molecule has 2 aromatic rings. The van der Waals surface area contributed by atoms with Gasteiger partial charge in [-0.2, -0.15) is 0 Å².